The van der Waals surface area contributed by atoms with Gasteiger partial charge in [0.15, 0.2) is 0 Å². The fourth-order valence-corrected chi connectivity index (χ4v) is 2.38. The van der Waals surface area contributed by atoms with Gasteiger partial charge in [-0.3, -0.25) is 4.79 Å². The molecule has 2 aromatic rings. The van der Waals surface area contributed by atoms with Crippen molar-refractivity contribution in [2.75, 3.05) is 13.2 Å². The third-order valence-electron chi connectivity index (χ3n) is 3.64. The van der Waals surface area contributed by atoms with Crippen molar-refractivity contribution in [2.45, 2.75) is 39.7 Å². The second kappa shape index (κ2) is 9.17. The number of nitrogens with one attached hydrogen (secondary N) is 1. The van der Waals surface area contributed by atoms with Gasteiger partial charge in [0.1, 0.15) is 6.04 Å². The summed E-state index contributed by atoms with van der Waals surface area (Å²) in [5.41, 5.74) is 0.938. The highest BCUT2D eigenvalue weighted by molar-refractivity contribution is 5.76. The molecule has 1 unspecified atom stereocenters. The van der Waals surface area contributed by atoms with Crippen LogP contribution in [-0.2, 0) is 16.0 Å². The lowest BCUT2D eigenvalue weighted by atomic mass is 10.0. The number of carbonyl (C=O) groups excluding carboxylic acids is 1. The zero-order chi connectivity index (χ0) is 17.4. The lowest BCUT2D eigenvalue weighted by molar-refractivity contribution is -0.146. The number of benzene rings is 1. The van der Waals surface area contributed by atoms with Gasteiger partial charge in [-0.2, -0.15) is 4.98 Å². The van der Waals surface area contributed by atoms with E-state index in [0.717, 1.165) is 12.0 Å². The highest BCUT2D eigenvalue weighted by atomic mass is 16.5. The molecule has 6 heteroatoms. The molecule has 0 amide bonds. The Balaban J connectivity index is 1.80. The Bertz CT molecular complexity index is 625. The molecule has 130 valence electrons. The van der Waals surface area contributed by atoms with E-state index in [2.05, 4.69) is 15.5 Å². The van der Waals surface area contributed by atoms with Gasteiger partial charge < -0.3 is 14.6 Å². The molecule has 0 aliphatic heterocycles. The van der Waals surface area contributed by atoms with Crippen LogP contribution in [0, 0.1) is 5.92 Å². The molecule has 0 fully saturated rings. The van der Waals surface area contributed by atoms with E-state index in [1.165, 1.54) is 0 Å². The Morgan fingerprint density at radius 1 is 1.29 bits per heavy atom. The summed E-state index contributed by atoms with van der Waals surface area (Å²) < 4.78 is 10.4. The predicted octanol–water partition coefficient (Wildman–Crippen LogP) is 2.85. The standard InChI is InChI=1S/C18H25N3O3/c1-4-23-18(22)16(13(2)3)19-12-8-11-15-20-17(21-24-15)14-9-6-5-7-10-14/h5-7,9-10,13,16,19H,4,8,11-12H2,1-3H3. The number of aromatic nitrogens is 2. The highest BCUT2D eigenvalue weighted by Crippen LogP contribution is 2.15. The van der Waals surface area contributed by atoms with Gasteiger partial charge in [0.25, 0.3) is 0 Å². The summed E-state index contributed by atoms with van der Waals surface area (Å²) in [7, 11) is 0. The van der Waals surface area contributed by atoms with Crippen molar-refractivity contribution in [1.82, 2.24) is 15.5 Å². The van der Waals surface area contributed by atoms with E-state index in [1.54, 1.807) is 0 Å². The molecule has 24 heavy (non-hydrogen) atoms. The van der Waals surface area contributed by atoms with Crippen molar-refractivity contribution in [2.24, 2.45) is 5.92 Å². The molecule has 1 aromatic heterocycles. The molecule has 0 aliphatic rings. The van der Waals surface area contributed by atoms with Crippen LogP contribution < -0.4 is 5.32 Å². The van der Waals surface area contributed by atoms with E-state index in [0.29, 0.717) is 31.3 Å². The van der Waals surface area contributed by atoms with E-state index in [-0.39, 0.29) is 17.9 Å². The molecular formula is C18H25N3O3. The molecule has 0 aliphatic carbocycles. The van der Waals surface area contributed by atoms with Crippen molar-refractivity contribution in [3.05, 3.63) is 36.2 Å². The minimum absolute atomic E-state index is 0.178. The monoisotopic (exact) mass is 331 g/mol. The largest absolute Gasteiger partial charge is 0.465 e. The smallest absolute Gasteiger partial charge is 0.323 e. The third kappa shape index (κ3) is 5.16. The first-order chi connectivity index (χ1) is 11.6. The maximum atomic E-state index is 11.9. The quantitative estimate of drug-likeness (QED) is 0.562. The van der Waals surface area contributed by atoms with Crippen LogP contribution in [0.2, 0.25) is 0 Å². The van der Waals surface area contributed by atoms with Gasteiger partial charge in [-0.15, -0.1) is 0 Å². The summed E-state index contributed by atoms with van der Waals surface area (Å²) in [6.45, 7) is 6.89. The van der Waals surface area contributed by atoms with Crippen molar-refractivity contribution < 1.29 is 14.1 Å². The van der Waals surface area contributed by atoms with Gasteiger partial charge in [-0.1, -0.05) is 49.3 Å². The van der Waals surface area contributed by atoms with E-state index in [4.69, 9.17) is 9.26 Å². The summed E-state index contributed by atoms with van der Waals surface area (Å²) >= 11 is 0. The number of esters is 1. The zero-order valence-electron chi connectivity index (χ0n) is 14.5. The molecular weight excluding hydrogens is 306 g/mol. The topological polar surface area (TPSA) is 77.2 Å². The molecule has 2 rings (SSSR count). The molecule has 0 saturated heterocycles. The normalized spacial score (nSPS) is 12.3. The molecule has 0 bridgehead atoms. The Kier molecular flexibility index (Phi) is 6.93. The number of hydrogen-bond acceptors (Lipinski definition) is 6. The molecule has 1 atom stereocenters. The molecule has 6 nitrogen and oxygen atoms in total. The Morgan fingerprint density at radius 2 is 2.04 bits per heavy atom. The summed E-state index contributed by atoms with van der Waals surface area (Å²) in [4.78, 5) is 16.3. The van der Waals surface area contributed by atoms with Crippen LogP contribution in [0.25, 0.3) is 11.4 Å². The highest BCUT2D eigenvalue weighted by Gasteiger charge is 2.22. The fourth-order valence-electron chi connectivity index (χ4n) is 2.38. The van der Waals surface area contributed by atoms with Crippen molar-refractivity contribution >= 4 is 5.97 Å². The predicted molar refractivity (Wildman–Crippen MR) is 91.3 cm³/mol. The number of rotatable bonds is 9. The number of aryl methyl sites for hydroxylation is 1. The van der Waals surface area contributed by atoms with Crippen LogP contribution in [0.3, 0.4) is 0 Å². The van der Waals surface area contributed by atoms with Crippen LogP contribution in [0.1, 0.15) is 33.1 Å². The minimum atomic E-state index is -0.285. The van der Waals surface area contributed by atoms with Crippen LogP contribution >= 0.6 is 0 Å². The van der Waals surface area contributed by atoms with Gasteiger partial charge in [0, 0.05) is 12.0 Å². The van der Waals surface area contributed by atoms with E-state index >= 15 is 0 Å². The Hall–Kier alpha value is -2.21. The summed E-state index contributed by atoms with van der Waals surface area (Å²) in [5.74, 6) is 1.19. The van der Waals surface area contributed by atoms with Crippen LogP contribution in [0.15, 0.2) is 34.9 Å². The lowest BCUT2D eigenvalue weighted by Gasteiger charge is -2.20. The number of nitrogens with zero attached hydrogens (tertiary/aromatic N) is 2. The van der Waals surface area contributed by atoms with Gasteiger partial charge in [0.2, 0.25) is 11.7 Å². The van der Waals surface area contributed by atoms with Crippen molar-refractivity contribution in [3.63, 3.8) is 0 Å². The van der Waals surface area contributed by atoms with Gasteiger partial charge in [0.05, 0.1) is 6.61 Å². The van der Waals surface area contributed by atoms with Gasteiger partial charge in [-0.05, 0) is 25.8 Å². The second-order valence-corrected chi connectivity index (χ2v) is 5.91. The van der Waals surface area contributed by atoms with Gasteiger partial charge >= 0.3 is 5.97 Å². The molecule has 0 saturated carbocycles. The maximum Gasteiger partial charge on any atom is 0.323 e. The first-order valence-electron chi connectivity index (χ1n) is 8.39. The average molecular weight is 331 g/mol. The first kappa shape index (κ1) is 18.1. The average Bonchev–Trinajstić information content (AvgIpc) is 3.04. The molecule has 0 spiro atoms. The molecule has 1 heterocycles. The number of hydrogen-bond donors (Lipinski definition) is 1. The molecule has 0 radical (unpaired) electrons. The molecule has 1 N–H and O–H groups in total. The zero-order valence-corrected chi connectivity index (χ0v) is 14.5. The van der Waals surface area contributed by atoms with Crippen LogP contribution in [0.5, 0.6) is 0 Å². The van der Waals surface area contributed by atoms with Crippen molar-refractivity contribution in [3.8, 4) is 11.4 Å². The third-order valence-corrected chi connectivity index (χ3v) is 3.64. The lowest BCUT2D eigenvalue weighted by Crippen LogP contribution is -2.42. The van der Waals surface area contributed by atoms with Gasteiger partial charge in [-0.25, -0.2) is 0 Å². The molecule has 1 aromatic carbocycles. The van der Waals surface area contributed by atoms with E-state index in [9.17, 15) is 4.79 Å². The first-order valence-corrected chi connectivity index (χ1v) is 8.39. The summed E-state index contributed by atoms with van der Waals surface area (Å²) in [5, 5.41) is 7.25. The van der Waals surface area contributed by atoms with E-state index in [1.807, 2.05) is 51.1 Å². The number of ether oxygens (including phenoxy) is 1. The van der Waals surface area contributed by atoms with Crippen molar-refractivity contribution in [1.29, 1.82) is 0 Å². The Labute approximate surface area is 142 Å². The second-order valence-electron chi connectivity index (χ2n) is 5.91. The Morgan fingerprint density at radius 3 is 2.71 bits per heavy atom. The van der Waals surface area contributed by atoms with E-state index < -0.39 is 0 Å². The summed E-state index contributed by atoms with van der Waals surface area (Å²) in [6.07, 6.45) is 1.47. The van der Waals surface area contributed by atoms with Crippen LogP contribution in [-0.4, -0.2) is 35.3 Å². The fraction of sp³-hybridized carbons (Fsp3) is 0.500. The number of carbonyl (C=O) groups is 1. The summed E-state index contributed by atoms with van der Waals surface area (Å²) in [6, 6.07) is 9.44. The maximum absolute atomic E-state index is 11.9. The van der Waals surface area contributed by atoms with Crippen LogP contribution in [0.4, 0.5) is 0 Å². The minimum Gasteiger partial charge on any atom is -0.465 e. The SMILES string of the molecule is CCOC(=O)C(NCCCc1nc(-c2ccccc2)no1)C(C)C.